The van der Waals surface area contributed by atoms with Crippen LogP contribution in [0.3, 0.4) is 0 Å². The molecule has 0 aromatic heterocycles. The molecule has 0 N–H and O–H groups in total. The summed E-state index contributed by atoms with van der Waals surface area (Å²) in [5.41, 5.74) is 0.103. The molecule has 0 bridgehead atoms. The van der Waals surface area contributed by atoms with Crippen LogP contribution in [0, 0.1) is 0 Å². The summed E-state index contributed by atoms with van der Waals surface area (Å²) in [6, 6.07) is 0. The van der Waals surface area contributed by atoms with Crippen LogP contribution in [0.1, 0.15) is 20.8 Å². The second-order valence-electron chi connectivity index (χ2n) is 2.32. The number of hydrogen-bond donors (Lipinski definition) is 0. The molecule has 0 rings (SSSR count). The molecule has 0 saturated heterocycles. The van der Waals surface area contributed by atoms with Crippen LogP contribution in [0.4, 0.5) is 0 Å². The Morgan fingerprint density at radius 3 is 1.43 bits per heavy atom. The molecule has 0 amide bonds. The van der Waals surface area contributed by atoms with Gasteiger partial charge in [-0.3, -0.25) is 0 Å². The van der Waals surface area contributed by atoms with Gasteiger partial charge in [0.1, 0.15) is 10.5 Å². The molecule has 0 atom stereocenters. The molecule has 0 aliphatic heterocycles. The second kappa shape index (κ2) is 4.10. The third kappa shape index (κ3) is 11.0. The third-order valence-corrected chi connectivity index (χ3v) is 1.84. The summed E-state index contributed by atoms with van der Waals surface area (Å²) in [4.78, 5) is 0. The Morgan fingerprint density at radius 2 is 1.43 bits per heavy atom. The minimum atomic E-state index is 0. The molecule has 0 spiro atoms. The van der Waals surface area contributed by atoms with Crippen LogP contribution in [0.25, 0.3) is 0 Å². The summed E-state index contributed by atoms with van der Waals surface area (Å²) in [6.07, 6.45) is 0. The first kappa shape index (κ1) is 11.0. The van der Waals surface area contributed by atoms with E-state index < -0.39 is 0 Å². The van der Waals surface area contributed by atoms with Crippen LogP contribution in [-0.2, 0) is 4.43 Å². The predicted octanol–water partition coefficient (Wildman–Crippen LogP) is -0.567. The van der Waals surface area contributed by atoms with Gasteiger partial charge in [-0.05, 0) is 20.8 Å². The van der Waals surface area contributed by atoms with E-state index in [-0.39, 0.29) is 35.2 Å². The fraction of sp³-hybridized carbons (Fsp3) is 1.00. The Balaban J connectivity index is 0. The Bertz CT molecular complexity index is 41.4. The topological polar surface area (TPSA) is 9.23 Å². The van der Waals surface area contributed by atoms with E-state index in [0.717, 1.165) is 10.5 Å². The summed E-state index contributed by atoms with van der Waals surface area (Å²) in [7, 11) is 0.848. The van der Waals surface area contributed by atoms with Crippen molar-refractivity contribution < 1.29 is 4.43 Å². The molecule has 1 nitrogen and oxygen atoms in total. The van der Waals surface area contributed by atoms with Gasteiger partial charge in [0.15, 0.2) is 0 Å². The fourth-order valence-electron chi connectivity index (χ4n) is 0. The monoisotopic (exact) mass is 128 g/mol. The molecule has 0 aromatic carbocycles. The minimum absolute atomic E-state index is 0. The van der Waals surface area contributed by atoms with Crippen LogP contribution in [0.5, 0.6) is 0 Å². The Hall–Kier alpha value is 1.18. The van der Waals surface area contributed by atoms with Crippen molar-refractivity contribution in [2.75, 3.05) is 0 Å². The Labute approximate surface area is 70.7 Å². The molecule has 0 unspecified atom stereocenters. The van der Waals surface area contributed by atoms with E-state index in [1.165, 1.54) is 0 Å². The SMILES string of the molecule is CC(C)(C)O[SiH3].[NaH]. The number of rotatable bonds is 0. The van der Waals surface area contributed by atoms with Gasteiger partial charge in [0, 0.05) is 5.60 Å². The van der Waals surface area contributed by atoms with Crippen LogP contribution < -0.4 is 0 Å². The standard InChI is InChI=1S/C4H12OSi.Na.H/c1-4(2,3)5-6;;/h1-3,6H3;;. The van der Waals surface area contributed by atoms with Crippen LogP contribution in [0.2, 0.25) is 0 Å². The first-order valence-electron chi connectivity index (χ1n) is 2.11. The van der Waals surface area contributed by atoms with E-state index >= 15 is 0 Å². The van der Waals surface area contributed by atoms with Gasteiger partial charge in [-0.1, -0.05) is 0 Å². The zero-order chi connectivity index (χ0) is 5.21. The van der Waals surface area contributed by atoms with Crippen molar-refractivity contribution in [1.29, 1.82) is 0 Å². The van der Waals surface area contributed by atoms with Gasteiger partial charge < -0.3 is 4.43 Å². The van der Waals surface area contributed by atoms with Gasteiger partial charge in [-0.2, -0.15) is 0 Å². The molecule has 40 valence electrons. The van der Waals surface area contributed by atoms with Crippen molar-refractivity contribution in [3.05, 3.63) is 0 Å². The Morgan fingerprint density at radius 1 is 1.29 bits per heavy atom. The maximum absolute atomic E-state index is 5.08. The molecule has 0 aromatic rings. The molecule has 3 heteroatoms. The fourth-order valence-corrected chi connectivity index (χ4v) is 0. The summed E-state index contributed by atoms with van der Waals surface area (Å²) in [5.74, 6) is 0. The summed E-state index contributed by atoms with van der Waals surface area (Å²) >= 11 is 0. The summed E-state index contributed by atoms with van der Waals surface area (Å²) in [5, 5.41) is 0. The molecule has 0 saturated carbocycles. The van der Waals surface area contributed by atoms with Crippen LogP contribution >= 0.6 is 0 Å². The van der Waals surface area contributed by atoms with Crippen molar-refractivity contribution >= 4 is 40.0 Å². The van der Waals surface area contributed by atoms with E-state index in [2.05, 4.69) is 20.8 Å². The normalized spacial score (nSPS) is 10.7. The Kier molecular flexibility index (Phi) is 6.46. The summed E-state index contributed by atoms with van der Waals surface area (Å²) < 4.78 is 5.08. The average Bonchev–Trinajstić information content (AvgIpc) is 1.35. The maximum atomic E-state index is 5.08. The first-order valence-corrected chi connectivity index (χ1v) is 2.93. The molecule has 0 radical (unpaired) electrons. The molecule has 0 aliphatic carbocycles. The van der Waals surface area contributed by atoms with E-state index in [0.29, 0.717) is 0 Å². The van der Waals surface area contributed by atoms with Crippen molar-refractivity contribution in [3.63, 3.8) is 0 Å². The van der Waals surface area contributed by atoms with E-state index in [1.54, 1.807) is 0 Å². The molecular weight excluding hydrogens is 115 g/mol. The molecule has 0 fully saturated rings. The zero-order valence-corrected chi connectivity index (χ0v) is 6.91. The second-order valence-corrected chi connectivity index (χ2v) is 2.72. The van der Waals surface area contributed by atoms with Gasteiger partial charge in [0.05, 0.1) is 0 Å². The van der Waals surface area contributed by atoms with Crippen LogP contribution in [0.15, 0.2) is 0 Å². The molecule has 0 heterocycles. The first-order chi connectivity index (χ1) is 2.56. The van der Waals surface area contributed by atoms with Gasteiger partial charge in [0.2, 0.25) is 0 Å². The van der Waals surface area contributed by atoms with Gasteiger partial charge in [0.25, 0.3) is 0 Å². The van der Waals surface area contributed by atoms with Gasteiger partial charge in [-0.15, -0.1) is 0 Å². The van der Waals surface area contributed by atoms with Crippen molar-refractivity contribution in [3.8, 4) is 0 Å². The zero-order valence-electron chi connectivity index (χ0n) is 4.91. The molecular formula is C4H13NaOSi. The van der Waals surface area contributed by atoms with Crippen molar-refractivity contribution in [1.82, 2.24) is 0 Å². The molecule has 0 aliphatic rings. The van der Waals surface area contributed by atoms with Crippen molar-refractivity contribution in [2.45, 2.75) is 26.4 Å². The average molecular weight is 128 g/mol. The van der Waals surface area contributed by atoms with Crippen molar-refractivity contribution in [2.24, 2.45) is 0 Å². The van der Waals surface area contributed by atoms with E-state index in [4.69, 9.17) is 4.43 Å². The van der Waals surface area contributed by atoms with Gasteiger partial charge in [-0.25, -0.2) is 0 Å². The predicted molar refractivity (Wildman–Crippen MR) is 37.9 cm³/mol. The molecule has 7 heavy (non-hydrogen) atoms. The van der Waals surface area contributed by atoms with E-state index in [1.807, 2.05) is 0 Å². The number of hydrogen-bond acceptors (Lipinski definition) is 1. The van der Waals surface area contributed by atoms with E-state index in [9.17, 15) is 0 Å². The van der Waals surface area contributed by atoms with Crippen LogP contribution in [-0.4, -0.2) is 45.6 Å². The van der Waals surface area contributed by atoms with Gasteiger partial charge >= 0.3 is 29.6 Å². The summed E-state index contributed by atoms with van der Waals surface area (Å²) in [6.45, 7) is 6.17. The third-order valence-electron chi connectivity index (χ3n) is 0.612. The quantitative estimate of drug-likeness (QED) is 0.397.